The molecule has 0 N–H and O–H groups in total. The van der Waals surface area contributed by atoms with E-state index in [2.05, 4.69) is 6.07 Å². The molecule has 2 heteroatoms. The predicted molar refractivity (Wildman–Crippen MR) is 41.6 cm³/mol. The van der Waals surface area contributed by atoms with E-state index in [-0.39, 0.29) is 0 Å². The number of hydrogen-bond donors (Lipinski definition) is 0. The molecule has 1 nitrogen and oxygen atoms in total. The van der Waals surface area contributed by atoms with Crippen molar-refractivity contribution in [3.63, 3.8) is 0 Å². The van der Waals surface area contributed by atoms with Crippen molar-refractivity contribution in [2.45, 2.75) is 6.92 Å². The van der Waals surface area contributed by atoms with Gasteiger partial charge in [-0.3, -0.25) is 0 Å². The van der Waals surface area contributed by atoms with Crippen LogP contribution in [-0.2, 0) is 0 Å². The standard InChI is InChI=1S/C8H8ClO/c1-6-5-7(9)3-4-8(6)10-2/h3,5H,1-2H3. The van der Waals surface area contributed by atoms with E-state index in [1.54, 1.807) is 13.2 Å². The summed E-state index contributed by atoms with van der Waals surface area (Å²) in [5, 5.41) is 0.693. The molecule has 0 aliphatic heterocycles. The zero-order valence-electron chi connectivity index (χ0n) is 5.94. The lowest BCUT2D eigenvalue weighted by atomic mass is 10.2. The van der Waals surface area contributed by atoms with E-state index in [0.29, 0.717) is 5.02 Å². The zero-order chi connectivity index (χ0) is 7.56. The molecule has 0 aliphatic rings. The minimum Gasteiger partial charge on any atom is -0.496 e. The van der Waals surface area contributed by atoms with E-state index < -0.39 is 0 Å². The maximum absolute atomic E-state index is 5.69. The van der Waals surface area contributed by atoms with Crippen LogP contribution in [0, 0.1) is 13.0 Å². The summed E-state index contributed by atoms with van der Waals surface area (Å²) in [5.74, 6) is 0.754. The first-order chi connectivity index (χ1) is 4.74. The Labute approximate surface area is 65.6 Å². The topological polar surface area (TPSA) is 9.23 Å². The third-order valence-electron chi connectivity index (χ3n) is 1.26. The third-order valence-corrected chi connectivity index (χ3v) is 1.48. The number of benzene rings is 1. The first kappa shape index (κ1) is 7.42. The van der Waals surface area contributed by atoms with Crippen molar-refractivity contribution in [3.8, 4) is 5.75 Å². The minimum atomic E-state index is 0.693. The Hall–Kier alpha value is -0.690. The average molecular weight is 156 g/mol. The first-order valence-corrected chi connectivity index (χ1v) is 3.33. The van der Waals surface area contributed by atoms with E-state index in [0.717, 1.165) is 11.3 Å². The molecule has 1 radical (unpaired) electrons. The Morgan fingerprint density at radius 2 is 2.30 bits per heavy atom. The summed E-state index contributed by atoms with van der Waals surface area (Å²) in [7, 11) is 1.62. The number of ether oxygens (including phenoxy) is 1. The fourth-order valence-corrected chi connectivity index (χ4v) is 1.00. The second-order valence-electron chi connectivity index (χ2n) is 2.03. The molecule has 0 aromatic heterocycles. The molecule has 1 rings (SSSR count). The van der Waals surface area contributed by atoms with Crippen molar-refractivity contribution < 1.29 is 4.74 Å². The average Bonchev–Trinajstić information content (AvgIpc) is 1.88. The molecule has 53 valence electrons. The Balaban J connectivity index is 3.07. The third kappa shape index (κ3) is 1.42. The molecule has 0 fully saturated rings. The summed E-state index contributed by atoms with van der Waals surface area (Å²) >= 11 is 5.69. The molecule has 0 saturated carbocycles. The largest absolute Gasteiger partial charge is 0.496 e. The van der Waals surface area contributed by atoms with Crippen molar-refractivity contribution in [2.75, 3.05) is 7.11 Å². The van der Waals surface area contributed by atoms with Gasteiger partial charge in [-0.1, -0.05) is 11.6 Å². The molecule has 1 aromatic carbocycles. The molecule has 0 spiro atoms. The molecular formula is C8H8ClO. The van der Waals surface area contributed by atoms with E-state index in [1.165, 1.54) is 0 Å². The van der Waals surface area contributed by atoms with Gasteiger partial charge in [-0.25, -0.2) is 0 Å². The maximum Gasteiger partial charge on any atom is 0.129 e. The fraction of sp³-hybridized carbons (Fsp3) is 0.250. The van der Waals surface area contributed by atoms with E-state index in [9.17, 15) is 0 Å². The van der Waals surface area contributed by atoms with Crippen LogP contribution in [0.5, 0.6) is 5.75 Å². The molecule has 0 heterocycles. The van der Waals surface area contributed by atoms with Crippen molar-refractivity contribution >= 4 is 11.6 Å². The first-order valence-electron chi connectivity index (χ1n) is 2.96. The van der Waals surface area contributed by atoms with Gasteiger partial charge in [0.25, 0.3) is 0 Å². The van der Waals surface area contributed by atoms with Gasteiger partial charge >= 0.3 is 0 Å². The van der Waals surface area contributed by atoms with Crippen LogP contribution in [0.3, 0.4) is 0 Å². The van der Waals surface area contributed by atoms with Gasteiger partial charge in [0, 0.05) is 11.1 Å². The van der Waals surface area contributed by atoms with Gasteiger partial charge in [0.15, 0.2) is 0 Å². The summed E-state index contributed by atoms with van der Waals surface area (Å²) in [4.78, 5) is 0. The van der Waals surface area contributed by atoms with Crippen molar-refractivity contribution in [2.24, 2.45) is 0 Å². The van der Waals surface area contributed by atoms with Crippen LogP contribution < -0.4 is 4.74 Å². The molecule has 0 unspecified atom stereocenters. The molecule has 0 bridgehead atoms. The molecule has 1 aromatic rings. The van der Waals surface area contributed by atoms with Crippen LogP contribution in [0.25, 0.3) is 0 Å². The smallest absolute Gasteiger partial charge is 0.129 e. The van der Waals surface area contributed by atoms with Crippen LogP contribution in [0.4, 0.5) is 0 Å². The van der Waals surface area contributed by atoms with Crippen molar-refractivity contribution in [3.05, 3.63) is 28.8 Å². The van der Waals surface area contributed by atoms with Crippen LogP contribution in [0.2, 0.25) is 5.02 Å². The zero-order valence-corrected chi connectivity index (χ0v) is 6.70. The van der Waals surface area contributed by atoms with Gasteiger partial charge in [0.2, 0.25) is 0 Å². The quantitative estimate of drug-likeness (QED) is 0.606. The number of methoxy groups -OCH3 is 1. The molecule has 0 amide bonds. The highest BCUT2D eigenvalue weighted by Gasteiger charge is 1.96. The lowest BCUT2D eigenvalue weighted by molar-refractivity contribution is 0.411. The van der Waals surface area contributed by atoms with Gasteiger partial charge < -0.3 is 4.74 Å². The number of rotatable bonds is 1. The van der Waals surface area contributed by atoms with Gasteiger partial charge in [0.1, 0.15) is 5.75 Å². The Morgan fingerprint density at radius 1 is 1.60 bits per heavy atom. The predicted octanol–water partition coefficient (Wildman–Crippen LogP) is 2.46. The number of halogens is 1. The lowest BCUT2D eigenvalue weighted by Crippen LogP contribution is -1.85. The number of aryl methyl sites for hydroxylation is 1. The van der Waals surface area contributed by atoms with Crippen LogP contribution in [0.1, 0.15) is 5.56 Å². The number of hydrogen-bond acceptors (Lipinski definition) is 1. The summed E-state index contributed by atoms with van der Waals surface area (Å²) in [6.45, 7) is 1.93. The fourth-order valence-electron chi connectivity index (χ4n) is 0.782. The molecule has 10 heavy (non-hydrogen) atoms. The highest BCUT2D eigenvalue weighted by atomic mass is 35.5. The van der Waals surface area contributed by atoms with Gasteiger partial charge in [-0.05, 0) is 24.6 Å². The second-order valence-corrected chi connectivity index (χ2v) is 2.47. The van der Waals surface area contributed by atoms with Gasteiger partial charge in [-0.15, -0.1) is 0 Å². The van der Waals surface area contributed by atoms with E-state index in [1.807, 2.05) is 13.0 Å². The molecular weight excluding hydrogens is 148 g/mol. The molecule has 0 atom stereocenters. The van der Waals surface area contributed by atoms with E-state index >= 15 is 0 Å². The molecule has 0 saturated heterocycles. The maximum atomic E-state index is 5.69. The lowest BCUT2D eigenvalue weighted by Gasteiger charge is -2.01. The van der Waals surface area contributed by atoms with Crippen LogP contribution in [0.15, 0.2) is 12.1 Å². The second kappa shape index (κ2) is 2.93. The highest BCUT2D eigenvalue weighted by Crippen LogP contribution is 2.19. The van der Waals surface area contributed by atoms with Gasteiger partial charge in [0.05, 0.1) is 7.11 Å². The van der Waals surface area contributed by atoms with Crippen LogP contribution >= 0.6 is 11.6 Å². The minimum absolute atomic E-state index is 0.693. The van der Waals surface area contributed by atoms with Gasteiger partial charge in [-0.2, -0.15) is 0 Å². The van der Waals surface area contributed by atoms with Crippen LogP contribution in [-0.4, -0.2) is 7.11 Å². The monoisotopic (exact) mass is 155 g/mol. The summed E-state index contributed by atoms with van der Waals surface area (Å²) < 4.78 is 4.99. The van der Waals surface area contributed by atoms with Crippen molar-refractivity contribution in [1.82, 2.24) is 0 Å². The normalized spacial score (nSPS) is 9.50. The van der Waals surface area contributed by atoms with E-state index in [4.69, 9.17) is 16.3 Å². The molecule has 0 aliphatic carbocycles. The summed E-state index contributed by atoms with van der Waals surface area (Å²) in [5.41, 5.74) is 1.01. The Kier molecular flexibility index (Phi) is 2.17. The Bertz CT molecular complexity index is 233. The SMILES string of the molecule is COc1[c]cc(Cl)cc1C. The van der Waals surface area contributed by atoms with Crippen molar-refractivity contribution in [1.29, 1.82) is 0 Å². The summed E-state index contributed by atoms with van der Waals surface area (Å²) in [6.07, 6.45) is 0. The Morgan fingerprint density at radius 3 is 2.80 bits per heavy atom. The highest BCUT2D eigenvalue weighted by molar-refractivity contribution is 6.30. The summed E-state index contributed by atoms with van der Waals surface area (Å²) in [6, 6.07) is 6.43.